The Morgan fingerprint density at radius 1 is 0.879 bits per heavy atom. The van der Waals surface area contributed by atoms with Crippen LogP contribution in [0.4, 0.5) is 0 Å². The highest BCUT2D eigenvalue weighted by atomic mass is 35.5. The van der Waals surface area contributed by atoms with Crippen molar-refractivity contribution in [3.8, 4) is 11.1 Å². The summed E-state index contributed by atoms with van der Waals surface area (Å²) in [5.74, 6) is -0.506. The molecule has 7 heteroatoms. The predicted molar refractivity (Wildman–Crippen MR) is 138 cm³/mol. The lowest BCUT2D eigenvalue weighted by atomic mass is 10.0. The summed E-state index contributed by atoms with van der Waals surface area (Å²) in [6.45, 7) is 0.395. The fourth-order valence-electron chi connectivity index (χ4n) is 4.15. The van der Waals surface area contributed by atoms with Crippen molar-refractivity contribution in [2.45, 2.75) is 6.54 Å². The molecule has 0 spiro atoms. The molecule has 3 nitrogen and oxygen atoms in total. The Bertz CT molecular complexity index is 1550. The van der Waals surface area contributed by atoms with E-state index in [0.717, 1.165) is 38.5 Å². The lowest BCUT2D eigenvalue weighted by Gasteiger charge is -2.12. The number of amides is 1. The molecule has 0 bridgehead atoms. The number of carbonyl (C=O) groups is 1. The first-order chi connectivity index (χ1) is 15.8. The molecule has 0 aliphatic rings. The van der Waals surface area contributed by atoms with Gasteiger partial charge < -0.3 is 10.3 Å². The second-order valence-corrected chi connectivity index (χ2v) is 9.28. The maximum Gasteiger partial charge on any atom is 0.249 e. The first-order valence-corrected chi connectivity index (χ1v) is 11.5. The molecule has 163 valence electrons. The van der Waals surface area contributed by atoms with Crippen LogP contribution in [0.5, 0.6) is 0 Å². The average molecular weight is 513 g/mol. The minimum absolute atomic E-state index is 0.395. The first kappa shape index (κ1) is 22.1. The zero-order chi connectivity index (χ0) is 23.3. The molecule has 4 aromatic carbocycles. The number of hydrogen-bond donors (Lipinski definition) is 1. The van der Waals surface area contributed by atoms with Gasteiger partial charge in [-0.2, -0.15) is 0 Å². The van der Waals surface area contributed by atoms with Gasteiger partial charge in [0.15, 0.2) is 0 Å². The molecule has 33 heavy (non-hydrogen) atoms. The van der Waals surface area contributed by atoms with E-state index in [9.17, 15) is 4.79 Å². The van der Waals surface area contributed by atoms with Crippen molar-refractivity contribution in [1.82, 2.24) is 4.57 Å². The van der Waals surface area contributed by atoms with E-state index in [2.05, 4.69) is 10.6 Å². The van der Waals surface area contributed by atoms with E-state index < -0.39 is 5.91 Å². The molecule has 1 amide bonds. The van der Waals surface area contributed by atoms with Crippen molar-refractivity contribution in [3.63, 3.8) is 0 Å². The number of benzene rings is 4. The lowest BCUT2D eigenvalue weighted by molar-refractivity contribution is 0.100. The molecule has 0 fully saturated rings. The largest absolute Gasteiger partial charge is 0.366 e. The van der Waals surface area contributed by atoms with Crippen molar-refractivity contribution in [2.75, 3.05) is 0 Å². The summed E-state index contributed by atoms with van der Waals surface area (Å²) in [4.78, 5) is 12.2. The highest BCUT2D eigenvalue weighted by Gasteiger charge is 2.19. The molecule has 2 N–H and O–H groups in total. The van der Waals surface area contributed by atoms with Crippen molar-refractivity contribution < 1.29 is 4.79 Å². The topological polar surface area (TPSA) is 48.0 Å². The van der Waals surface area contributed by atoms with Crippen LogP contribution in [-0.2, 0) is 6.54 Å². The fourth-order valence-corrected chi connectivity index (χ4v) is 5.19. The number of carbonyl (C=O) groups excluding carboxylic acids is 1. The van der Waals surface area contributed by atoms with E-state index >= 15 is 0 Å². The Balaban J connectivity index is 1.83. The van der Waals surface area contributed by atoms with Crippen LogP contribution in [0.2, 0.25) is 20.1 Å². The summed E-state index contributed by atoms with van der Waals surface area (Å²) in [6.07, 6.45) is 0. The molecule has 1 radical (unpaired) electrons. The van der Waals surface area contributed by atoms with Gasteiger partial charge in [0, 0.05) is 47.6 Å². The summed E-state index contributed by atoms with van der Waals surface area (Å²) in [5.41, 5.74) is 10.3. The smallest absolute Gasteiger partial charge is 0.249 e. The van der Waals surface area contributed by atoms with Crippen molar-refractivity contribution in [3.05, 3.63) is 104 Å². The van der Waals surface area contributed by atoms with Crippen LogP contribution in [0, 0.1) is 6.07 Å². The summed E-state index contributed by atoms with van der Waals surface area (Å²) in [5, 5.41) is 3.72. The Morgan fingerprint density at radius 3 is 2.30 bits per heavy atom. The number of primary amides is 1. The van der Waals surface area contributed by atoms with E-state index in [0.29, 0.717) is 32.2 Å². The van der Waals surface area contributed by atoms with Crippen molar-refractivity contribution >= 4 is 74.1 Å². The molecule has 0 saturated heterocycles. The van der Waals surface area contributed by atoms with E-state index in [1.54, 1.807) is 36.4 Å². The fraction of sp³-hybridized carbons (Fsp3) is 0.0385. The molecule has 0 saturated carbocycles. The Morgan fingerprint density at radius 2 is 1.61 bits per heavy atom. The van der Waals surface area contributed by atoms with Crippen molar-refractivity contribution in [1.29, 1.82) is 0 Å². The molecule has 5 aromatic rings. The highest BCUT2D eigenvalue weighted by Crippen LogP contribution is 2.38. The lowest BCUT2D eigenvalue weighted by Crippen LogP contribution is -2.11. The van der Waals surface area contributed by atoms with Crippen LogP contribution >= 0.6 is 46.4 Å². The minimum atomic E-state index is -0.506. The Labute approximate surface area is 210 Å². The third kappa shape index (κ3) is 3.85. The zero-order valence-corrected chi connectivity index (χ0v) is 20.0. The third-order valence-corrected chi connectivity index (χ3v) is 6.94. The van der Waals surface area contributed by atoms with Gasteiger partial charge in [0.1, 0.15) is 0 Å². The Hall–Kier alpha value is -2.69. The van der Waals surface area contributed by atoms with Gasteiger partial charge in [-0.15, -0.1) is 0 Å². The standard InChI is InChI=1S/C26H15Cl4N2O/c27-15-8-10-16(22(30)12-15)14-7-9-17-24(11-14)32(13-19-20(28)4-2-5-21(19)29)23-6-1-3-18(25(17)23)26(31)33/h1-8,10-12H,13H2,(H2,31,33). The van der Waals surface area contributed by atoms with Gasteiger partial charge >= 0.3 is 0 Å². The average Bonchev–Trinajstić information content (AvgIpc) is 3.09. The summed E-state index contributed by atoms with van der Waals surface area (Å²) in [7, 11) is 0. The number of halogens is 4. The zero-order valence-electron chi connectivity index (χ0n) is 17.0. The molecule has 0 aliphatic heterocycles. The van der Waals surface area contributed by atoms with Crippen LogP contribution in [0.25, 0.3) is 32.9 Å². The van der Waals surface area contributed by atoms with E-state index in [1.165, 1.54) is 0 Å². The van der Waals surface area contributed by atoms with E-state index in [-0.39, 0.29) is 0 Å². The van der Waals surface area contributed by atoms with Crippen molar-refractivity contribution in [2.24, 2.45) is 5.73 Å². The number of hydrogen-bond acceptors (Lipinski definition) is 1. The minimum Gasteiger partial charge on any atom is -0.366 e. The number of rotatable bonds is 4. The maximum absolute atomic E-state index is 12.2. The number of aromatic nitrogens is 1. The second kappa shape index (κ2) is 8.58. The van der Waals surface area contributed by atoms with Crippen LogP contribution in [0.3, 0.4) is 0 Å². The molecule has 5 rings (SSSR count). The van der Waals surface area contributed by atoms with E-state index in [4.69, 9.17) is 52.1 Å². The van der Waals surface area contributed by atoms with Gasteiger partial charge in [-0.3, -0.25) is 4.79 Å². The van der Waals surface area contributed by atoms with Crippen LogP contribution in [0.1, 0.15) is 15.9 Å². The second-order valence-electron chi connectivity index (χ2n) is 7.62. The van der Waals surface area contributed by atoms with Gasteiger partial charge in [0.05, 0.1) is 17.6 Å². The van der Waals surface area contributed by atoms with E-state index in [1.807, 2.05) is 30.3 Å². The number of fused-ring (bicyclic) bond motifs is 3. The quantitative estimate of drug-likeness (QED) is 0.260. The maximum atomic E-state index is 12.2. The van der Waals surface area contributed by atoms with Gasteiger partial charge in [-0.1, -0.05) is 64.6 Å². The number of nitrogens with two attached hydrogens (primary N) is 1. The van der Waals surface area contributed by atoms with Gasteiger partial charge in [0.2, 0.25) is 5.91 Å². The van der Waals surface area contributed by atoms with Gasteiger partial charge in [-0.25, -0.2) is 0 Å². The van der Waals surface area contributed by atoms with Crippen LogP contribution in [-0.4, -0.2) is 10.5 Å². The van der Waals surface area contributed by atoms with Crippen LogP contribution < -0.4 is 5.73 Å². The van der Waals surface area contributed by atoms with Gasteiger partial charge in [0.25, 0.3) is 0 Å². The van der Waals surface area contributed by atoms with Gasteiger partial charge in [-0.05, 0) is 60.2 Å². The Kier molecular flexibility index (Phi) is 5.75. The summed E-state index contributed by atoms with van der Waals surface area (Å²) >= 11 is 25.5. The highest BCUT2D eigenvalue weighted by molar-refractivity contribution is 6.37. The molecule has 1 aromatic heterocycles. The molecular formula is C26H15Cl4N2O. The molecule has 0 atom stereocenters. The monoisotopic (exact) mass is 511 g/mol. The molecular weight excluding hydrogens is 498 g/mol. The number of nitrogens with zero attached hydrogens (tertiary/aromatic N) is 1. The molecule has 1 heterocycles. The predicted octanol–water partition coefficient (Wildman–Crippen LogP) is 8.02. The molecule has 0 aliphatic carbocycles. The van der Waals surface area contributed by atoms with Crippen LogP contribution in [0.15, 0.2) is 66.7 Å². The summed E-state index contributed by atoms with van der Waals surface area (Å²) < 4.78 is 2.06. The summed E-state index contributed by atoms with van der Waals surface area (Å²) in [6, 6.07) is 23.4. The third-order valence-electron chi connectivity index (χ3n) is 5.68. The molecule has 0 unspecified atom stereocenters. The normalized spacial score (nSPS) is 11.4. The first-order valence-electron chi connectivity index (χ1n) is 10.00. The SMILES string of the molecule is NC(=O)c1cccc2c1c1[c]cc(-c3ccc(Cl)cc3Cl)cc1n2Cc1c(Cl)cccc1Cl.